The van der Waals surface area contributed by atoms with E-state index in [0.29, 0.717) is 11.4 Å². The highest BCUT2D eigenvalue weighted by Gasteiger charge is 2.11. The predicted octanol–water partition coefficient (Wildman–Crippen LogP) is -0.789. The highest BCUT2D eigenvalue weighted by molar-refractivity contribution is 6.30. The molecule has 1 fully saturated rings. The van der Waals surface area contributed by atoms with E-state index in [-0.39, 0.29) is 19.7 Å². The molecule has 0 spiro atoms. The van der Waals surface area contributed by atoms with Crippen molar-refractivity contribution in [3.8, 4) is 0 Å². The number of carbonyl (C=O) groups excluding carboxylic acids is 1. The maximum atomic E-state index is 11.7. The van der Waals surface area contributed by atoms with Crippen molar-refractivity contribution < 1.29 is 18.6 Å². The monoisotopic (exact) mass is 302 g/mol. The van der Waals surface area contributed by atoms with E-state index in [1.807, 2.05) is 24.3 Å². The smallest absolute Gasteiger partial charge is 1.00 e. The molecule has 0 unspecified atom stereocenters. The summed E-state index contributed by atoms with van der Waals surface area (Å²) in [5.41, 5.74) is 0.998. The van der Waals surface area contributed by atoms with Crippen LogP contribution in [0.25, 0.3) is 0 Å². The fourth-order valence-corrected chi connectivity index (χ4v) is 2.34. The molecule has 0 saturated carbocycles. The van der Waals surface area contributed by atoms with Crippen molar-refractivity contribution in [1.29, 1.82) is 0 Å². The number of nitrogens with zero attached hydrogens (tertiary/aromatic N) is 1. The van der Waals surface area contributed by atoms with Gasteiger partial charge in [0.2, 0.25) is 5.91 Å². The lowest BCUT2D eigenvalue weighted by molar-refractivity contribution is -0.120. The topological polar surface area (TPSA) is 32.3 Å². The van der Waals surface area contributed by atoms with E-state index < -0.39 is 0 Å². The van der Waals surface area contributed by atoms with E-state index >= 15 is 0 Å². The Kier molecular flexibility index (Phi) is 7.21. The van der Waals surface area contributed by atoms with Crippen LogP contribution in [0.3, 0.4) is 0 Å². The number of amides is 1. The molecule has 0 radical (unpaired) electrons. The van der Waals surface area contributed by atoms with Crippen LogP contribution in [0.4, 0.5) is 0 Å². The van der Waals surface area contributed by atoms with Crippen LogP contribution in [0.15, 0.2) is 24.3 Å². The van der Waals surface area contributed by atoms with Crippen molar-refractivity contribution in [1.82, 2.24) is 10.2 Å². The number of hydrogen-bond acceptors (Lipinski definition) is 2. The molecule has 1 amide bonds. The van der Waals surface area contributed by atoms with Crippen LogP contribution in [0.5, 0.6) is 0 Å². The molecular weight excluding hydrogens is 283 g/mol. The van der Waals surface area contributed by atoms with Gasteiger partial charge < -0.3 is 22.6 Å². The third-order valence-electron chi connectivity index (χ3n) is 3.23. The molecule has 19 heavy (non-hydrogen) atoms. The van der Waals surface area contributed by atoms with Gasteiger partial charge in [-0.3, -0.25) is 4.79 Å². The zero-order valence-electron chi connectivity index (χ0n) is 11.9. The minimum absolute atomic E-state index is 0. The lowest BCUT2D eigenvalue weighted by atomic mass is 10.1. The van der Waals surface area contributed by atoms with E-state index in [0.717, 1.165) is 18.7 Å². The summed E-state index contributed by atoms with van der Waals surface area (Å²) in [6, 6.07) is 7.41. The molecule has 1 aliphatic rings. The van der Waals surface area contributed by atoms with Crippen molar-refractivity contribution in [2.45, 2.75) is 19.3 Å². The number of hydrogen-bond donors (Lipinski definition) is 1. The Balaban J connectivity index is 0.00000180. The fraction of sp³-hybridized carbons (Fsp3) is 0.500. The predicted molar refractivity (Wildman–Crippen MR) is 75.0 cm³/mol. The average molecular weight is 303 g/mol. The Bertz CT molecular complexity index is 395. The van der Waals surface area contributed by atoms with Gasteiger partial charge >= 0.3 is 1.43 Å². The van der Waals surface area contributed by atoms with Gasteiger partial charge in [0.25, 0.3) is 0 Å². The molecule has 3 nitrogen and oxygen atoms in total. The summed E-state index contributed by atoms with van der Waals surface area (Å²) in [5, 5.41) is 3.66. The first-order valence-electron chi connectivity index (χ1n) is 6.47. The molecule has 1 saturated heterocycles. The number of benzene rings is 1. The van der Waals surface area contributed by atoms with Crippen LogP contribution in [0.1, 0.15) is 19.8 Å². The number of halogens is 2. The average Bonchev–Trinajstić information content (AvgIpc) is 2.85. The van der Waals surface area contributed by atoms with E-state index in [1.54, 1.807) is 0 Å². The van der Waals surface area contributed by atoms with Crippen LogP contribution in [0, 0.1) is 0 Å². The van der Waals surface area contributed by atoms with Crippen LogP contribution >= 0.6 is 11.6 Å². The zero-order chi connectivity index (χ0) is 12.8. The van der Waals surface area contributed by atoms with Gasteiger partial charge in [-0.05, 0) is 43.6 Å². The highest BCUT2D eigenvalue weighted by atomic mass is 35.5. The summed E-state index contributed by atoms with van der Waals surface area (Å²) in [7, 11) is 0. The van der Waals surface area contributed by atoms with Crippen LogP contribution in [0.2, 0.25) is 5.02 Å². The second-order valence-electron chi connectivity index (χ2n) is 4.70. The quantitative estimate of drug-likeness (QED) is 0.773. The molecule has 1 aromatic carbocycles. The second-order valence-corrected chi connectivity index (χ2v) is 5.14. The molecule has 0 bridgehead atoms. The first-order chi connectivity index (χ1) is 8.74. The van der Waals surface area contributed by atoms with Gasteiger partial charge in [0.15, 0.2) is 0 Å². The summed E-state index contributed by atoms with van der Waals surface area (Å²) in [4.78, 5) is 14.1. The Morgan fingerprint density at radius 2 is 1.89 bits per heavy atom. The van der Waals surface area contributed by atoms with Gasteiger partial charge in [-0.25, -0.2) is 0 Å². The van der Waals surface area contributed by atoms with Crippen LogP contribution in [-0.4, -0.2) is 37.0 Å². The summed E-state index contributed by atoms with van der Waals surface area (Å²) in [5.74, 6) is 0.0801. The Hall–Kier alpha value is -0.770. The van der Waals surface area contributed by atoms with Crippen molar-refractivity contribution in [2.24, 2.45) is 0 Å². The lowest BCUT2D eigenvalue weighted by Crippen LogP contribution is -3.00. The van der Waals surface area contributed by atoms with Gasteiger partial charge in [-0.15, -0.1) is 0 Å². The molecule has 5 heteroatoms. The summed E-state index contributed by atoms with van der Waals surface area (Å²) >= 11 is 5.80. The third kappa shape index (κ3) is 5.81. The van der Waals surface area contributed by atoms with Gasteiger partial charge in [0.1, 0.15) is 0 Å². The second kappa shape index (κ2) is 8.41. The van der Waals surface area contributed by atoms with Gasteiger partial charge in [0, 0.05) is 18.1 Å². The molecule has 1 heterocycles. The maximum absolute atomic E-state index is 11.7. The number of rotatable bonds is 5. The van der Waals surface area contributed by atoms with Crippen molar-refractivity contribution in [2.75, 3.05) is 26.2 Å². The van der Waals surface area contributed by atoms with E-state index in [1.165, 1.54) is 25.9 Å². The Morgan fingerprint density at radius 1 is 1.26 bits per heavy atom. The molecule has 0 aliphatic carbocycles. The Labute approximate surface area is 127 Å². The third-order valence-corrected chi connectivity index (χ3v) is 3.48. The minimum atomic E-state index is 0. The van der Waals surface area contributed by atoms with Crippen LogP contribution < -0.4 is 17.7 Å². The lowest BCUT2D eigenvalue weighted by Gasteiger charge is -2.14. The van der Waals surface area contributed by atoms with Crippen LogP contribution in [-0.2, 0) is 11.2 Å². The molecule has 106 valence electrons. The first-order valence-corrected chi connectivity index (χ1v) is 6.85. The normalized spacial score (nSPS) is 15.0. The van der Waals surface area contributed by atoms with Crippen molar-refractivity contribution in [3.05, 3.63) is 34.9 Å². The molecule has 1 aliphatic heterocycles. The summed E-state index contributed by atoms with van der Waals surface area (Å²) in [6.07, 6.45) is 3.01. The molecule has 0 atom stereocenters. The fourth-order valence-electron chi connectivity index (χ4n) is 2.21. The van der Waals surface area contributed by atoms with E-state index in [4.69, 9.17) is 11.6 Å². The van der Waals surface area contributed by atoms with E-state index in [9.17, 15) is 4.79 Å². The van der Waals surface area contributed by atoms with Gasteiger partial charge in [-0.2, -0.15) is 0 Å². The minimum Gasteiger partial charge on any atom is -1.00 e. The SMILES string of the molecule is O=C(Cc1ccc(Cl)cc1)NCCN1CCCC1.[Cl-].[H+]. The number of likely N-dealkylation sites (tertiary alicyclic amines) is 1. The molecular formula is C14H20Cl2N2O. The molecule has 1 N–H and O–H groups in total. The molecule has 0 aromatic heterocycles. The van der Waals surface area contributed by atoms with Crippen molar-refractivity contribution in [3.63, 3.8) is 0 Å². The molecule has 1 aromatic rings. The number of nitrogens with one attached hydrogen (secondary N) is 1. The maximum Gasteiger partial charge on any atom is 1.00 e. The van der Waals surface area contributed by atoms with Gasteiger partial charge in [0.05, 0.1) is 6.42 Å². The zero-order valence-corrected chi connectivity index (χ0v) is 12.4. The standard InChI is InChI=1S/C14H19ClN2O.ClH/c15-13-5-3-12(4-6-13)11-14(18)16-7-10-17-8-1-2-9-17;/h3-6H,1-2,7-11H2,(H,16,18);1H. The molecule has 2 rings (SSSR count). The first kappa shape index (κ1) is 16.3. The largest absolute Gasteiger partial charge is 1.00 e. The van der Waals surface area contributed by atoms with E-state index in [2.05, 4.69) is 10.2 Å². The van der Waals surface area contributed by atoms with Gasteiger partial charge in [-0.1, -0.05) is 23.7 Å². The summed E-state index contributed by atoms with van der Waals surface area (Å²) in [6.45, 7) is 4.05. The summed E-state index contributed by atoms with van der Waals surface area (Å²) < 4.78 is 0. The number of carbonyl (C=O) groups is 1. The highest BCUT2D eigenvalue weighted by Crippen LogP contribution is 2.10. The van der Waals surface area contributed by atoms with Crippen molar-refractivity contribution >= 4 is 17.5 Å². The Morgan fingerprint density at radius 3 is 2.53 bits per heavy atom.